The van der Waals surface area contributed by atoms with E-state index in [1.165, 1.54) is 0 Å². The van der Waals surface area contributed by atoms with E-state index in [-0.39, 0.29) is 23.6 Å². The maximum atomic E-state index is 12.8. The van der Waals surface area contributed by atoms with E-state index in [9.17, 15) is 13.2 Å². The number of carbonyl (C=O) groups excluding carboxylic acids is 1. The van der Waals surface area contributed by atoms with E-state index in [2.05, 4.69) is 25.6 Å². The normalized spacial score (nSPS) is 30.5. The largest absolute Gasteiger partial charge is 0.381 e. The van der Waals surface area contributed by atoms with Crippen molar-refractivity contribution in [2.75, 3.05) is 32.1 Å². The molecule has 1 aromatic carbocycles. The lowest BCUT2D eigenvalue weighted by molar-refractivity contribution is 0.0406. The van der Waals surface area contributed by atoms with Gasteiger partial charge in [0.05, 0.1) is 11.0 Å². The van der Waals surface area contributed by atoms with Crippen LogP contribution in [0.5, 0.6) is 0 Å². The Labute approximate surface area is 162 Å². The standard InChI is InChI=1S/C18H23N5O4S/c24-18(11-1-2-14-15(7-11)21-22-20-14)19-16-10-28(25,26)17-9-23(8-13(16)17)12-3-5-27-6-4-12/h1-2,7,12-13,16-17H,3-6,8-10H2,(H,19,24)(H,20,21,22)/t13-,16+,17-/m0/s1. The minimum absolute atomic E-state index is 0.0158. The topological polar surface area (TPSA) is 117 Å². The second-order valence-corrected chi connectivity index (χ2v) is 10.2. The number of likely N-dealkylation sites (tertiary alicyclic amines) is 1. The first-order valence-electron chi connectivity index (χ1n) is 9.66. The lowest BCUT2D eigenvalue weighted by Crippen LogP contribution is -2.44. The SMILES string of the molecule is O=C(N[C@@H]1CS(=O)(=O)[C@H]2CN(C3CCOCC3)C[C@@H]12)c1ccc2n[nH]nc2c1. The summed E-state index contributed by atoms with van der Waals surface area (Å²) >= 11 is 0. The van der Waals surface area contributed by atoms with Gasteiger partial charge in [0.2, 0.25) is 0 Å². The van der Waals surface area contributed by atoms with Crippen LogP contribution in [0.4, 0.5) is 0 Å². The fourth-order valence-corrected chi connectivity index (χ4v) is 7.13. The van der Waals surface area contributed by atoms with Gasteiger partial charge in [-0.05, 0) is 31.0 Å². The van der Waals surface area contributed by atoms with Crippen molar-refractivity contribution in [3.8, 4) is 0 Å². The van der Waals surface area contributed by atoms with Crippen molar-refractivity contribution in [2.24, 2.45) is 5.92 Å². The van der Waals surface area contributed by atoms with Gasteiger partial charge in [0.1, 0.15) is 11.0 Å². The molecular formula is C18H23N5O4S. The summed E-state index contributed by atoms with van der Waals surface area (Å²) in [6, 6.07) is 5.09. The summed E-state index contributed by atoms with van der Waals surface area (Å²) in [5, 5.41) is 13.1. The Morgan fingerprint density at radius 3 is 2.79 bits per heavy atom. The Hall–Kier alpha value is -2.04. The minimum Gasteiger partial charge on any atom is -0.381 e. The van der Waals surface area contributed by atoms with Crippen molar-refractivity contribution >= 4 is 26.8 Å². The highest BCUT2D eigenvalue weighted by Gasteiger charge is 2.53. The van der Waals surface area contributed by atoms with E-state index in [1.54, 1.807) is 18.2 Å². The lowest BCUT2D eigenvalue weighted by Gasteiger charge is -2.32. The van der Waals surface area contributed by atoms with E-state index in [1.807, 2.05) is 0 Å². The third-order valence-electron chi connectivity index (χ3n) is 6.33. The molecule has 0 aliphatic carbocycles. The van der Waals surface area contributed by atoms with Gasteiger partial charge in [-0.1, -0.05) is 0 Å². The zero-order valence-corrected chi connectivity index (χ0v) is 16.2. The van der Waals surface area contributed by atoms with Crippen LogP contribution in [-0.4, -0.2) is 84.0 Å². The van der Waals surface area contributed by atoms with Gasteiger partial charge in [-0.25, -0.2) is 8.42 Å². The quantitative estimate of drug-likeness (QED) is 0.736. The van der Waals surface area contributed by atoms with Crippen molar-refractivity contribution in [1.82, 2.24) is 25.6 Å². The second kappa shape index (κ2) is 6.78. The smallest absolute Gasteiger partial charge is 0.251 e. The molecule has 0 radical (unpaired) electrons. The predicted molar refractivity (Wildman–Crippen MR) is 102 cm³/mol. The maximum Gasteiger partial charge on any atom is 0.251 e. The molecule has 0 bridgehead atoms. The molecule has 3 aliphatic rings. The zero-order chi connectivity index (χ0) is 19.3. The van der Waals surface area contributed by atoms with Crippen molar-refractivity contribution in [1.29, 1.82) is 0 Å². The van der Waals surface area contributed by atoms with Crippen molar-refractivity contribution in [3.05, 3.63) is 23.8 Å². The Balaban J connectivity index is 1.32. The van der Waals surface area contributed by atoms with Crippen LogP contribution >= 0.6 is 0 Å². The number of rotatable bonds is 3. The average molecular weight is 405 g/mol. The minimum atomic E-state index is -3.21. The highest BCUT2D eigenvalue weighted by Crippen LogP contribution is 2.36. The summed E-state index contributed by atoms with van der Waals surface area (Å²) in [6.07, 6.45) is 1.88. The number of sulfone groups is 1. The summed E-state index contributed by atoms with van der Waals surface area (Å²) < 4.78 is 30.9. The van der Waals surface area contributed by atoms with Crippen LogP contribution in [0.25, 0.3) is 11.0 Å². The molecule has 1 aromatic heterocycles. The number of benzene rings is 1. The molecule has 9 nitrogen and oxygen atoms in total. The molecule has 4 heterocycles. The number of ether oxygens (including phenoxy) is 1. The first-order chi connectivity index (χ1) is 13.5. The third kappa shape index (κ3) is 3.09. The first kappa shape index (κ1) is 18.0. The van der Waals surface area contributed by atoms with Gasteiger partial charge in [-0.15, -0.1) is 0 Å². The Morgan fingerprint density at radius 2 is 1.96 bits per heavy atom. The molecule has 28 heavy (non-hydrogen) atoms. The molecule has 3 fully saturated rings. The van der Waals surface area contributed by atoms with Gasteiger partial charge < -0.3 is 10.1 Å². The second-order valence-electron chi connectivity index (χ2n) is 7.94. The molecule has 0 unspecified atom stereocenters. The number of amides is 1. The van der Waals surface area contributed by atoms with Crippen molar-refractivity contribution < 1.29 is 17.9 Å². The molecule has 3 atom stereocenters. The third-order valence-corrected chi connectivity index (χ3v) is 8.57. The van der Waals surface area contributed by atoms with E-state index >= 15 is 0 Å². The van der Waals surface area contributed by atoms with E-state index in [0.29, 0.717) is 35.7 Å². The lowest BCUT2D eigenvalue weighted by atomic mass is 10.00. The number of carbonyl (C=O) groups is 1. The monoisotopic (exact) mass is 405 g/mol. The van der Waals surface area contributed by atoms with E-state index in [0.717, 1.165) is 26.1 Å². The van der Waals surface area contributed by atoms with Crippen LogP contribution in [0.2, 0.25) is 0 Å². The van der Waals surface area contributed by atoms with Crippen LogP contribution in [0.15, 0.2) is 18.2 Å². The van der Waals surface area contributed by atoms with E-state index < -0.39 is 15.1 Å². The molecule has 150 valence electrons. The van der Waals surface area contributed by atoms with Crippen LogP contribution in [-0.2, 0) is 14.6 Å². The van der Waals surface area contributed by atoms with Crippen LogP contribution < -0.4 is 5.32 Å². The number of aromatic amines is 1. The molecule has 0 spiro atoms. The van der Waals surface area contributed by atoms with Gasteiger partial charge in [0.15, 0.2) is 9.84 Å². The van der Waals surface area contributed by atoms with Crippen LogP contribution in [0.3, 0.4) is 0 Å². The number of nitrogens with one attached hydrogen (secondary N) is 2. The predicted octanol–water partition coefficient (Wildman–Crippen LogP) is -0.0359. The summed E-state index contributed by atoms with van der Waals surface area (Å²) in [4.78, 5) is 15.0. The zero-order valence-electron chi connectivity index (χ0n) is 15.4. The molecule has 10 heteroatoms. The Bertz CT molecular complexity index is 1000. The summed E-state index contributed by atoms with van der Waals surface area (Å²) in [7, 11) is -3.21. The molecule has 3 aliphatic heterocycles. The Morgan fingerprint density at radius 1 is 1.18 bits per heavy atom. The highest BCUT2D eigenvalue weighted by molar-refractivity contribution is 7.92. The first-order valence-corrected chi connectivity index (χ1v) is 11.4. The molecule has 1 amide bonds. The summed E-state index contributed by atoms with van der Waals surface area (Å²) in [6.45, 7) is 2.73. The molecular weight excluding hydrogens is 382 g/mol. The summed E-state index contributed by atoms with van der Waals surface area (Å²) in [5.41, 5.74) is 1.75. The fourth-order valence-electron chi connectivity index (χ4n) is 4.82. The molecule has 3 saturated heterocycles. The molecule has 2 N–H and O–H groups in total. The molecule has 2 aromatic rings. The Kier molecular flexibility index (Phi) is 4.37. The van der Waals surface area contributed by atoms with Gasteiger partial charge in [0.25, 0.3) is 5.91 Å². The number of fused-ring (bicyclic) bond motifs is 2. The van der Waals surface area contributed by atoms with Gasteiger partial charge in [-0.3, -0.25) is 9.69 Å². The van der Waals surface area contributed by atoms with Crippen LogP contribution in [0.1, 0.15) is 23.2 Å². The van der Waals surface area contributed by atoms with Crippen LogP contribution in [0, 0.1) is 5.92 Å². The van der Waals surface area contributed by atoms with E-state index in [4.69, 9.17) is 4.74 Å². The fraction of sp³-hybridized carbons (Fsp3) is 0.611. The summed E-state index contributed by atoms with van der Waals surface area (Å²) in [5.74, 6) is -0.315. The number of nitrogens with zero attached hydrogens (tertiary/aromatic N) is 3. The van der Waals surface area contributed by atoms with Crippen molar-refractivity contribution in [3.63, 3.8) is 0 Å². The maximum absolute atomic E-state index is 12.8. The number of aromatic nitrogens is 3. The van der Waals surface area contributed by atoms with Gasteiger partial charge >= 0.3 is 0 Å². The number of hydrogen-bond acceptors (Lipinski definition) is 7. The molecule has 5 rings (SSSR count). The van der Waals surface area contributed by atoms with Gasteiger partial charge in [0, 0.05) is 49.9 Å². The highest BCUT2D eigenvalue weighted by atomic mass is 32.2. The number of H-pyrrole nitrogens is 1. The number of hydrogen-bond donors (Lipinski definition) is 2. The van der Waals surface area contributed by atoms with Crippen molar-refractivity contribution in [2.45, 2.75) is 30.2 Å². The average Bonchev–Trinajstić information content (AvgIpc) is 3.39. The molecule has 0 saturated carbocycles. The van der Waals surface area contributed by atoms with Gasteiger partial charge in [-0.2, -0.15) is 15.4 Å².